The molecule has 1 unspecified atom stereocenters. The Bertz CT molecular complexity index is 1090. The topological polar surface area (TPSA) is 82.6 Å². The van der Waals surface area contributed by atoms with Gasteiger partial charge < -0.3 is 5.32 Å². The maximum atomic E-state index is 12.5. The van der Waals surface area contributed by atoms with Crippen molar-refractivity contribution in [3.05, 3.63) is 53.5 Å². The first-order valence-electron chi connectivity index (χ1n) is 9.06. The van der Waals surface area contributed by atoms with Crippen LogP contribution in [0.15, 0.2) is 53.4 Å². The molecule has 0 spiro atoms. The van der Waals surface area contributed by atoms with E-state index in [1.165, 1.54) is 26.2 Å². The fourth-order valence-corrected chi connectivity index (χ4v) is 4.80. The van der Waals surface area contributed by atoms with Crippen LogP contribution in [-0.2, 0) is 14.8 Å². The van der Waals surface area contributed by atoms with E-state index in [0.29, 0.717) is 5.69 Å². The van der Waals surface area contributed by atoms with E-state index in [0.717, 1.165) is 19.5 Å². The van der Waals surface area contributed by atoms with Crippen molar-refractivity contribution in [2.24, 2.45) is 0 Å². The summed E-state index contributed by atoms with van der Waals surface area (Å²) in [6, 6.07) is 14.2. The van der Waals surface area contributed by atoms with Gasteiger partial charge in [0.1, 0.15) is 5.01 Å². The van der Waals surface area contributed by atoms with E-state index in [2.05, 4.69) is 10.3 Å². The average molecular weight is 433 g/mol. The van der Waals surface area contributed by atoms with Gasteiger partial charge in [0.15, 0.2) is 0 Å². The number of anilines is 1. The van der Waals surface area contributed by atoms with Crippen molar-refractivity contribution < 1.29 is 13.2 Å². The normalized spacial score (nSPS) is 13.2. The Balaban J connectivity index is 1.67. The molecular formula is C20H24N4O3S2. The van der Waals surface area contributed by atoms with Gasteiger partial charge in [-0.2, -0.15) is 0 Å². The first kappa shape index (κ1) is 21.4. The SMILES string of the molecule is CC(c1nc2ccccc2s1)N(C)CC(=O)Nc1cccc(S(=O)(=O)N(C)C)c1. The molecule has 7 nitrogen and oxygen atoms in total. The van der Waals surface area contributed by atoms with Crippen molar-refractivity contribution in [3.8, 4) is 0 Å². The van der Waals surface area contributed by atoms with Gasteiger partial charge in [-0.3, -0.25) is 9.69 Å². The Hall–Kier alpha value is -2.33. The number of amides is 1. The Kier molecular flexibility index (Phi) is 6.33. The highest BCUT2D eigenvalue weighted by molar-refractivity contribution is 7.89. The number of thiazole rings is 1. The summed E-state index contributed by atoms with van der Waals surface area (Å²) in [5.41, 5.74) is 1.40. The Morgan fingerprint density at radius 3 is 2.55 bits per heavy atom. The number of fused-ring (bicyclic) bond motifs is 1. The van der Waals surface area contributed by atoms with Crippen LogP contribution in [0.3, 0.4) is 0 Å². The lowest BCUT2D eigenvalue weighted by atomic mass is 10.3. The second kappa shape index (κ2) is 8.58. The van der Waals surface area contributed by atoms with E-state index >= 15 is 0 Å². The number of para-hydroxylation sites is 1. The summed E-state index contributed by atoms with van der Waals surface area (Å²) in [7, 11) is 1.25. The van der Waals surface area contributed by atoms with E-state index in [-0.39, 0.29) is 23.4 Å². The maximum Gasteiger partial charge on any atom is 0.242 e. The van der Waals surface area contributed by atoms with Gasteiger partial charge in [-0.25, -0.2) is 17.7 Å². The summed E-state index contributed by atoms with van der Waals surface area (Å²) < 4.78 is 26.8. The van der Waals surface area contributed by atoms with Gasteiger partial charge in [0, 0.05) is 19.8 Å². The van der Waals surface area contributed by atoms with Gasteiger partial charge in [0.05, 0.1) is 27.7 Å². The molecule has 0 saturated heterocycles. The predicted octanol–water partition coefficient (Wildman–Crippen LogP) is 3.18. The minimum absolute atomic E-state index is 0.0291. The summed E-state index contributed by atoms with van der Waals surface area (Å²) in [6.07, 6.45) is 0. The lowest BCUT2D eigenvalue weighted by Crippen LogP contribution is -2.32. The molecule has 1 N–H and O–H groups in total. The number of aromatic nitrogens is 1. The molecule has 1 heterocycles. The molecule has 0 saturated carbocycles. The fraction of sp³-hybridized carbons (Fsp3) is 0.300. The lowest BCUT2D eigenvalue weighted by Gasteiger charge is -2.22. The summed E-state index contributed by atoms with van der Waals surface area (Å²) in [6.45, 7) is 2.16. The number of carbonyl (C=O) groups is 1. The van der Waals surface area contributed by atoms with Gasteiger partial charge in [0.25, 0.3) is 0 Å². The Morgan fingerprint density at radius 1 is 1.14 bits per heavy atom. The van der Waals surface area contributed by atoms with E-state index in [4.69, 9.17) is 0 Å². The van der Waals surface area contributed by atoms with E-state index in [1.54, 1.807) is 23.5 Å². The van der Waals surface area contributed by atoms with E-state index < -0.39 is 10.0 Å². The van der Waals surface area contributed by atoms with Crippen molar-refractivity contribution in [1.29, 1.82) is 0 Å². The molecule has 0 aliphatic heterocycles. The number of hydrogen-bond acceptors (Lipinski definition) is 6. The van der Waals surface area contributed by atoms with Gasteiger partial charge >= 0.3 is 0 Å². The third-order valence-corrected chi connectivity index (χ3v) is 7.64. The van der Waals surface area contributed by atoms with E-state index in [9.17, 15) is 13.2 Å². The van der Waals surface area contributed by atoms with Crippen molar-refractivity contribution >= 4 is 43.2 Å². The first-order valence-corrected chi connectivity index (χ1v) is 11.3. The number of hydrogen-bond donors (Lipinski definition) is 1. The molecule has 29 heavy (non-hydrogen) atoms. The summed E-state index contributed by atoms with van der Waals surface area (Å²) >= 11 is 1.62. The minimum atomic E-state index is -3.56. The number of nitrogens with one attached hydrogen (secondary N) is 1. The standard InChI is InChI=1S/C20H24N4O3S2/c1-14(20-22-17-10-5-6-11-18(17)28-20)24(4)13-19(25)21-15-8-7-9-16(12-15)29(26,27)23(2)3/h5-12,14H,13H2,1-4H3,(H,21,25). The largest absolute Gasteiger partial charge is 0.325 e. The molecule has 3 aromatic rings. The zero-order chi connectivity index (χ0) is 21.2. The van der Waals surface area contributed by atoms with Crippen LogP contribution >= 0.6 is 11.3 Å². The number of rotatable bonds is 7. The monoisotopic (exact) mass is 432 g/mol. The van der Waals surface area contributed by atoms with Crippen molar-refractivity contribution in [1.82, 2.24) is 14.2 Å². The predicted molar refractivity (Wildman–Crippen MR) is 117 cm³/mol. The van der Waals surface area contributed by atoms with Crippen LogP contribution in [0.4, 0.5) is 5.69 Å². The molecule has 1 aromatic heterocycles. The van der Waals surface area contributed by atoms with Crippen LogP contribution in [-0.4, -0.2) is 56.2 Å². The molecule has 0 bridgehead atoms. The minimum Gasteiger partial charge on any atom is -0.325 e. The molecule has 0 aliphatic carbocycles. The highest BCUT2D eigenvalue weighted by atomic mass is 32.2. The third-order valence-electron chi connectivity index (χ3n) is 4.62. The maximum absolute atomic E-state index is 12.5. The first-order chi connectivity index (χ1) is 13.7. The summed E-state index contributed by atoms with van der Waals surface area (Å²) in [4.78, 5) is 19.2. The number of sulfonamides is 1. The second-order valence-corrected chi connectivity index (χ2v) is 10.2. The highest BCUT2D eigenvalue weighted by Crippen LogP contribution is 2.28. The highest BCUT2D eigenvalue weighted by Gasteiger charge is 2.20. The van der Waals surface area contributed by atoms with Crippen LogP contribution in [0.25, 0.3) is 10.2 Å². The van der Waals surface area contributed by atoms with Crippen molar-refractivity contribution in [3.63, 3.8) is 0 Å². The number of likely N-dealkylation sites (N-methyl/N-ethyl adjacent to an activating group) is 1. The van der Waals surface area contributed by atoms with Crippen LogP contribution in [0.5, 0.6) is 0 Å². The van der Waals surface area contributed by atoms with Crippen LogP contribution in [0, 0.1) is 0 Å². The second-order valence-electron chi connectivity index (χ2n) is 6.97. The van der Waals surface area contributed by atoms with Crippen LogP contribution in [0.2, 0.25) is 0 Å². The number of benzene rings is 2. The number of nitrogens with zero attached hydrogens (tertiary/aromatic N) is 3. The van der Waals surface area contributed by atoms with Crippen LogP contribution < -0.4 is 5.32 Å². The molecule has 0 radical (unpaired) electrons. The summed E-state index contributed by atoms with van der Waals surface area (Å²) in [5.74, 6) is -0.222. The Labute approximate surface area is 175 Å². The fourth-order valence-electron chi connectivity index (χ4n) is 2.77. The molecule has 0 aliphatic rings. The molecule has 3 rings (SSSR count). The Morgan fingerprint density at radius 2 is 1.86 bits per heavy atom. The smallest absolute Gasteiger partial charge is 0.242 e. The zero-order valence-corrected chi connectivity index (χ0v) is 18.4. The molecule has 154 valence electrons. The average Bonchev–Trinajstić information content (AvgIpc) is 3.11. The lowest BCUT2D eigenvalue weighted by molar-refractivity contribution is -0.117. The zero-order valence-electron chi connectivity index (χ0n) is 16.8. The number of carbonyl (C=O) groups excluding carboxylic acids is 1. The van der Waals surface area contributed by atoms with Gasteiger partial charge in [-0.15, -0.1) is 11.3 Å². The molecule has 2 aromatic carbocycles. The molecular weight excluding hydrogens is 408 g/mol. The molecule has 1 amide bonds. The van der Waals surface area contributed by atoms with Crippen molar-refractivity contribution in [2.45, 2.75) is 17.9 Å². The van der Waals surface area contributed by atoms with Gasteiger partial charge in [-0.05, 0) is 44.3 Å². The molecule has 1 atom stereocenters. The van der Waals surface area contributed by atoms with Crippen LogP contribution in [0.1, 0.15) is 18.0 Å². The molecule has 0 fully saturated rings. The van der Waals surface area contributed by atoms with Gasteiger partial charge in [0.2, 0.25) is 15.9 Å². The quantitative estimate of drug-likeness (QED) is 0.620. The molecule has 9 heteroatoms. The van der Waals surface area contributed by atoms with Crippen molar-refractivity contribution in [2.75, 3.05) is 33.0 Å². The van der Waals surface area contributed by atoms with E-state index in [1.807, 2.05) is 43.1 Å². The van der Waals surface area contributed by atoms with Gasteiger partial charge in [-0.1, -0.05) is 18.2 Å². The third kappa shape index (κ3) is 4.81. The summed E-state index contributed by atoms with van der Waals surface area (Å²) in [5, 5.41) is 3.72.